The van der Waals surface area contributed by atoms with Crippen LogP contribution in [-0.2, 0) is 9.59 Å². The summed E-state index contributed by atoms with van der Waals surface area (Å²) in [5, 5.41) is 0. The molecule has 2 amide bonds. The number of nitrogens with zero attached hydrogens (tertiary/aromatic N) is 3. The summed E-state index contributed by atoms with van der Waals surface area (Å²) >= 11 is 0. The van der Waals surface area contributed by atoms with Crippen LogP contribution in [-0.4, -0.2) is 55.3 Å². The minimum atomic E-state index is 0.0368. The Morgan fingerprint density at radius 3 is 2.46 bits per heavy atom. The van der Waals surface area contributed by atoms with E-state index < -0.39 is 0 Å². The fraction of sp³-hybridized carbons (Fsp3) is 0.619. The predicted molar refractivity (Wildman–Crippen MR) is 104 cm³/mol. The second-order valence-corrected chi connectivity index (χ2v) is 7.71. The first kappa shape index (κ1) is 18.7. The molecule has 0 aromatic heterocycles. The molecule has 1 fully saturated rings. The summed E-state index contributed by atoms with van der Waals surface area (Å²) in [6.07, 6.45) is 2.10. The Hall–Kier alpha value is -2.04. The molecule has 0 radical (unpaired) electrons. The lowest BCUT2D eigenvalue weighted by Crippen LogP contribution is -2.53. The van der Waals surface area contributed by atoms with E-state index in [1.165, 1.54) is 11.3 Å². The van der Waals surface area contributed by atoms with E-state index in [9.17, 15) is 9.59 Å². The van der Waals surface area contributed by atoms with Gasteiger partial charge in [0.15, 0.2) is 0 Å². The Kier molecular flexibility index (Phi) is 5.54. The first-order chi connectivity index (χ1) is 12.5. The maximum Gasteiger partial charge on any atom is 0.226 e. The van der Waals surface area contributed by atoms with Gasteiger partial charge in [-0.25, -0.2) is 0 Å². The molecule has 0 spiro atoms. The van der Waals surface area contributed by atoms with E-state index >= 15 is 0 Å². The van der Waals surface area contributed by atoms with Crippen molar-refractivity contribution in [3.05, 3.63) is 29.8 Å². The van der Waals surface area contributed by atoms with Crippen LogP contribution in [0, 0.1) is 11.8 Å². The molecule has 1 saturated heterocycles. The number of anilines is 1. The molecule has 2 aliphatic rings. The number of rotatable bonds is 3. The minimum Gasteiger partial charge on any atom is -0.374 e. The van der Waals surface area contributed by atoms with Crippen molar-refractivity contribution in [1.29, 1.82) is 0 Å². The number of fused-ring (bicyclic) bond motifs is 3. The molecule has 0 unspecified atom stereocenters. The van der Waals surface area contributed by atoms with E-state index in [0.29, 0.717) is 19.5 Å². The van der Waals surface area contributed by atoms with Crippen LogP contribution < -0.4 is 4.90 Å². The molecule has 0 N–H and O–H groups in total. The molecule has 1 aromatic rings. The average molecular weight is 357 g/mol. The molecule has 0 aliphatic carbocycles. The van der Waals surface area contributed by atoms with Gasteiger partial charge in [-0.1, -0.05) is 32.0 Å². The zero-order valence-corrected chi connectivity index (χ0v) is 16.4. The van der Waals surface area contributed by atoms with Crippen molar-refractivity contribution in [2.75, 3.05) is 38.6 Å². The maximum atomic E-state index is 13.3. The topological polar surface area (TPSA) is 43.9 Å². The molecule has 142 valence electrons. The molecule has 2 heterocycles. The number of hydrogen-bond donors (Lipinski definition) is 0. The minimum absolute atomic E-state index is 0.0368. The van der Waals surface area contributed by atoms with E-state index in [2.05, 4.69) is 50.1 Å². The first-order valence-electron chi connectivity index (χ1n) is 9.82. The Balaban J connectivity index is 2.05. The number of benzene rings is 1. The van der Waals surface area contributed by atoms with Gasteiger partial charge in [-0.3, -0.25) is 9.59 Å². The summed E-state index contributed by atoms with van der Waals surface area (Å²) in [6, 6.07) is 8.45. The summed E-state index contributed by atoms with van der Waals surface area (Å²) in [4.78, 5) is 31.9. The van der Waals surface area contributed by atoms with E-state index in [1.54, 1.807) is 0 Å². The van der Waals surface area contributed by atoms with Gasteiger partial charge in [0.2, 0.25) is 11.8 Å². The van der Waals surface area contributed by atoms with Gasteiger partial charge in [0.25, 0.3) is 0 Å². The molecule has 3 rings (SSSR count). The van der Waals surface area contributed by atoms with Gasteiger partial charge in [0, 0.05) is 57.7 Å². The third-order valence-electron chi connectivity index (χ3n) is 6.08. The van der Waals surface area contributed by atoms with Crippen molar-refractivity contribution in [3.8, 4) is 0 Å². The monoisotopic (exact) mass is 357 g/mol. The van der Waals surface area contributed by atoms with Crippen LogP contribution in [0.4, 0.5) is 5.69 Å². The lowest BCUT2D eigenvalue weighted by Gasteiger charge is -2.47. The third kappa shape index (κ3) is 3.31. The average Bonchev–Trinajstić information content (AvgIpc) is 2.63. The normalized spacial score (nSPS) is 23.4. The smallest absolute Gasteiger partial charge is 0.226 e. The number of para-hydroxylation sites is 1. The molecule has 5 nitrogen and oxygen atoms in total. The Morgan fingerprint density at radius 1 is 1.12 bits per heavy atom. The Labute approximate surface area is 156 Å². The zero-order valence-electron chi connectivity index (χ0n) is 16.4. The van der Waals surface area contributed by atoms with Gasteiger partial charge in [0.05, 0.1) is 6.04 Å². The molecule has 26 heavy (non-hydrogen) atoms. The second-order valence-electron chi connectivity index (χ2n) is 7.71. The Bertz CT molecular complexity index is 671. The van der Waals surface area contributed by atoms with Crippen molar-refractivity contribution >= 4 is 17.5 Å². The van der Waals surface area contributed by atoms with Gasteiger partial charge >= 0.3 is 0 Å². The van der Waals surface area contributed by atoms with E-state index in [-0.39, 0.29) is 29.7 Å². The van der Waals surface area contributed by atoms with Crippen LogP contribution in [0.5, 0.6) is 0 Å². The molecule has 0 saturated carbocycles. The Morgan fingerprint density at radius 2 is 1.77 bits per heavy atom. The van der Waals surface area contributed by atoms with E-state index in [0.717, 1.165) is 19.4 Å². The lowest BCUT2D eigenvalue weighted by atomic mass is 9.84. The molecule has 0 bridgehead atoms. The van der Waals surface area contributed by atoms with Gasteiger partial charge in [0.1, 0.15) is 0 Å². The number of carbonyl (C=O) groups is 2. The van der Waals surface area contributed by atoms with Crippen molar-refractivity contribution in [3.63, 3.8) is 0 Å². The predicted octanol–water partition coefficient (Wildman–Crippen LogP) is 2.92. The fourth-order valence-corrected chi connectivity index (χ4v) is 4.59. The van der Waals surface area contributed by atoms with Crippen LogP contribution >= 0.6 is 0 Å². The molecular weight excluding hydrogens is 326 g/mol. The SMILES string of the molecule is CCC(CC)C(=O)N1CCC(=O)N(C)C[C@H]2CN(C)c3ccccc3[C@@H]21. The highest BCUT2D eigenvalue weighted by Crippen LogP contribution is 2.42. The highest BCUT2D eigenvalue weighted by molar-refractivity contribution is 5.82. The second kappa shape index (κ2) is 7.68. The maximum absolute atomic E-state index is 13.3. The van der Waals surface area contributed by atoms with Crippen LogP contribution in [0.15, 0.2) is 24.3 Å². The summed E-state index contributed by atoms with van der Waals surface area (Å²) in [6.45, 7) is 6.21. The van der Waals surface area contributed by atoms with Crippen molar-refractivity contribution < 1.29 is 9.59 Å². The van der Waals surface area contributed by atoms with E-state index in [1.807, 2.05) is 16.8 Å². The molecular formula is C21H31N3O2. The summed E-state index contributed by atoms with van der Waals surface area (Å²) in [5.74, 6) is 0.603. The van der Waals surface area contributed by atoms with Crippen LogP contribution in [0.3, 0.4) is 0 Å². The summed E-state index contributed by atoms with van der Waals surface area (Å²) < 4.78 is 0. The van der Waals surface area contributed by atoms with Gasteiger partial charge in [-0.2, -0.15) is 0 Å². The summed E-state index contributed by atoms with van der Waals surface area (Å²) in [5.41, 5.74) is 2.42. The van der Waals surface area contributed by atoms with Gasteiger partial charge < -0.3 is 14.7 Å². The molecule has 1 aromatic carbocycles. The van der Waals surface area contributed by atoms with Gasteiger partial charge in [-0.15, -0.1) is 0 Å². The van der Waals surface area contributed by atoms with Crippen LogP contribution in [0.25, 0.3) is 0 Å². The highest BCUT2D eigenvalue weighted by Gasteiger charge is 2.41. The molecule has 2 aliphatic heterocycles. The number of hydrogen-bond acceptors (Lipinski definition) is 3. The standard InChI is InChI=1S/C21H31N3O2/c1-5-15(6-2)21(26)24-12-11-19(25)23(4)14-16-13-22(3)18-10-8-7-9-17(18)20(16)24/h7-10,15-16,20H,5-6,11-14H2,1-4H3/t16-,20-/m1/s1. The number of carbonyl (C=O) groups excluding carboxylic acids is 2. The summed E-state index contributed by atoms with van der Waals surface area (Å²) in [7, 11) is 3.99. The lowest BCUT2D eigenvalue weighted by molar-refractivity contribution is -0.143. The molecule has 5 heteroatoms. The number of amides is 2. The van der Waals surface area contributed by atoms with Crippen molar-refractivity contribution in [2.45, 2.75) is 39.2 Å². The van der Waals surface area contributed by atoms with E-state index in [4.69, 9.17) is 0 Å². The molecule has 2 atom stereocenters. The van der Waals surface area contributed by atoms with Crippen molar-refractivity contribution in [2.24, 2.45) is 11.8 Å². The van der Waals surface area contributed by atoms with Crippen LogP contribution in [0.1, 0.15) is 44.7 Å². The zero-order chi connectivity index (χ0) is 18.8. The van der Waals surface area contributed by atoms with Crippen molar-refractivity contribution in [1.82, 2.24) is 9.80 Å². The largest absolute Gasteiger partial charge is 0.374 e. The van der Waals surface area contributed by atoms with Crippen LogP contribution in [0.2, 0.25) is 0 Å². The fourth-order valence-electron chi connectivity index (χ4n) is 4.59. The quantitative estimate of drug-likeness (QED) is 0.835. The van der Waals surface area contributed by atoms with Gasteiger partial charge in [-0.05, 0) is 24.5 Å². The first-order valence-corrected chi connectivity index (χ1v) is 9.82. The third-order valence-corrected chi connectivity index (χ3v) is 6.08. The highest BCUT2D eigenvalue weighted by atomic mass is 16.2.